The van der Waals surface area contributed by atoms with Gasteiger partial charge in [-0.3, -0.25) is 10.2 Å². The molecule has 3 N–H and O–H groups in total. The number of amides is 1. The van der Waals surface area contributed by atoms with E-state index < -0.39 is 0 Å². The monoisotopic (exact) mass is 279 g/mol. The number of aromatic nitrogens is 1. The second kappa shape index (κ2) is 4.51. The first-order valence-electron chi connectivity index (χ1n) is 4.67. The first-order valence-corrected chi connectivity index (χ1v) is 5.46. The molecule has 0 aliphatic rings. The van der Waals surface area contributed by atoms with Crippen LogP contribution in [0, 0.1) is 0 Å². The van der Waals surface area contributed by atoms with Crippen molar-refractivity contribution in [3.05, 3.63) is 52.8 Å². The minimum atomic E-state index is -0.319. The molecule has 0 bridgehead atoms. The highest BCUT2D eigenvalue weighted by Crippen LogP contribution is 2.22. The molecule has 1 heterocycles. The van der Waals surface area contributed by atoms with E-state index in [1.165, 1.54) is 0 Å². The number of nitrogens with two attached hydrogens (primary N) is 1. The fourth-order valence-electron chi connectivity index (χ4n) is 1.50. The lowest BCUT2D eigenvalue weighted by Gasteiger charge is -2.09. The van der Waals surface area contributed by atoms with Crippen molar-refractivity contribution in [1.82, 2.24) is 9.99 Å². The lowest BCUT2D eigenvalue weighted by molar-refractivity contribution is 0.0947. The van der Waals surface area contributed by atoms with E-state index in [2.05, 4.69) is 21.4 Å². The van der Waals surface area contributed by atoms with E-state index >= 15 is 0 Å². The third-order valence-corrected chi connectivity index (χ3v) is 2.90. The number of hydrazine groups is 1. The molecule has 2 rings (SSSR count). The first-order chi connectivity index (χ1) is 7.74. The Kier molecular flexibility index (Phi) is 3.07. The van der Waals surface area contributed by atoms with Gasteiger partial charge in [-0.1, -0.05) is 12.1 Å². The fourth-order valence-corrected chi connectivity index (χ4v) is 1.97. The van der Waals surface area contributed by atoms with Crippen molar-refractivity contribution in [2.45, 2.75) is 0 Å². The van der Waals surface area contributed by atoms with Crippen LogP contribution in [-0.4, -0.2) is 10.5 Å². The second-order valence-electron chi connectivity index (χ2n) is 3.19. The molecule has 4 nitrogen and oxygen atoms in total. The zero-order valence-electron chi connectivity index (χ0n) is 8.35. The Bertz CT molecular complexity index is 521. The van der Waals surface area contributed by atoms with E-state index in [9.17, 15) is 4.79 Å². The molecule has 0 saturated heterocycles. The lowest BCUT2D eigenvalue weighted by Crippen LogP contribution is -2.31. The van der Waals surface area contributed by atoms with Crippen molar-refractivity contribution in [1.29, 1.82) is 0 Å². The van der Waals surface area contributed by atoms with Crippen LogP contribution in [0.15, 0.2) is 47.1 Å². The zero-order chi connectivity index (χ0) is 11.5. The van der Waals surface area contributed by atoms with Gasteiger partial charge in [0.25, 0.3) is 5.91 Å². The Balaban J connectivity index is 2.53. The molecule has 0 fully saturated rings. The summed E-state index contributed by atoms with van der Waals surface area (Å²) in [6.07, 6.45) is 1.81. The number of nitrogen functional groups attached to an aromatic ring is 1. The molecule has 0 atom stereocenters. The van der Waals surface area contributed by atoms with Gasteiger partial charge in [-0.15, -0.1) is 0 Å². The zero-order valence-corrected chi connectivity index (χ0v) is 9.94. The molecule has 0 unspecified atom stereocenters. The fraction of sp³-hybridized carbons (Fsp3) is 0. The minimum Gasteiger partial charge on any atom is -0.311 e. The van der Waals surface area contributed by atoms with Gasteiger partial charge in [-0.2, -0.15) is 0 Å². The molecular weight excluding hydrogens is 270 g/mol. The van der Waals surface area contributed by atoms with Crippen LogP contribution >= 0.6 is 15.9 Å². The van der Waals surface area contributed by atoms with Gasteiger partial charge in [-0.25, -0.2) is 5.84 Å². The Morgan fingerprint density at radius 1 is 1.25 bits per heavy atom. The first kappa shape index (κ1) is 10.9. The van der Waals surface area contributed by atoms with Gasteiger partial charge in [0.05, 0.1) is 5.69 Å². The third-order valence-electron chi connectivity index (χ3n) is 2.22. The van der Waals surface area contributed by atoms with Crippen molar-refractivity contribution >= 4 is 21.8 Å². The number of para-hydroxylation sites is 1. The predicted octanol–water partition coefficient (Wildman–Crippen LogP) is 1.84. The van der Waals surface area contributed by atoms with Gasteiger partial charge >= 0.3 is 0 Å². The van der Waals surface area contributed by atoms with E-state index in [-0.39, 0.29) is 5.91 Å². The van der Waals surface area contributed by atoms with E-state index in [4.69, 9.17) is 5.84 Å². The van der Waals surface area contributed by atoms with Crippen molar-refractivity contribution < 1.29 is 4.79 Å². The smallest absolute Gasteiger partial charge is 0.282 e. The highest BCUT2D eigenvalue weighted by Gasteiger charge is 2.11. The molecule has 1 aromatic heterocycles. The van der Waals surface area contributed by atoms with Gasteiger partial charge < -0.3 is 4.57 Å². The Hall–Kier alpha value is -1.59. The van der Waals surface area contributed by atoms with Gasteiger partial charge in [0.1, 0.15) is 5.69 Å². The van der Waals surface area contributed by atoms with Crippen LogP contribution in [0.4, 0.5) is 0 Å². The van der Waals surface area contributed by atoms with Crippen molar-refractivity contribution in [3.63, 3.8) is 0 Å². The van der Waals surface area contributed by atoms with Crippen molar-refractivity contribution in [3.8, 4) is 5.69 Å². The summed E-state index contributed by atoms with van der Waals surface area (Å²) in [7, 11) is 0. The number of hydrogen-bond donors (Lipinski definition) is 2. The van der Waals surface area contributed by atoms with Crippen LogP contribution in [0.1, 0.15) is 10.5 Å². The highest BCUT2D eigenvalue weighted by molar-refractivity contribution is 9.10. The van der Waals surface area contributed by atoms with E-state index in [0.29, 0.717) is 5.69 Å². The number of hydrogen-bond acceptors (Lipinski definition) is 2. The van der Waals surface area contributed by atoms with Gasteiger partial charge in [0.2, 0.25) is 0 Å². The van der Waals surface area contributed by atoms with Crippen LogP contribution in [0.3, 0.4) is 0 Å². The largest absolute Gasteiger partial charge is 0.311 e. The minimum absolute atomic E-state index is 0.319. The summed E-state index contributed by atoms with van der Waals surface area (Å²) >= 11 is 3.44. The summed E-state index contributed by atoms with van der Waals surface area (Å²) in [4.78, 5) is 11.5. The molecule has 1 amide bonds. The summed E-state index contributed by atoms with van der Waals surface area (Å²) in [5.74, 6) is 4.80. The topological polar surface area (TPSA) is 60.0 Å². The normalized spacial score (nSPS) is 10.1. The molecule has 1 aromatic carbocycles. The van der Waals surface area contributed by atoms with Crippen LogP contribution in [0.2, 0.25) is 0 Å². The lowest BCUT2D eigenvalue weighted by atomic mass is 10.3. The number of carbonyl (C=O) groups excluding carboxylic acids is 1. The molecule has 5 heteroatoms. The molecule has 0 radical (unpaired) electrons. The summed E-state index contributed by atoms with van der Waals surface area (Å²) in [6, 6.07) is 11.2. The van der Waals surface area contributed by atoms with Crippen LogP contribution < -0.4 is 11.3 Å². The number of nitrogens with one attached hydrogen (secondary N) is 1. The maximum absolute atomic E-state index is 11.5. The van der Waals surface area contributed by atoms with E-state index in [0.717, 1.165) is 10.2 Å². The molecule has 16 heavy (non-hydrogen) atoms. The Morgan fingerprint density at radius 2 is 2.00 bits per heavy atom. The van der Waals surface area contributed by atoms with Crippen LogP contribution in [-0.2, 0) is 0 Å². The van der Waals surface area contributed by atoms with Gasteiger partial charge in [0.15, 0.2) is 0 Å². The Labute approximate surface area is 101 Å². The second-order valence-corrected chi connectivity index (χ2v) is 4.04. The number of carbonyl (C=O) groups is 1. The molecule has 0 spiro atoms. The summed E-state index contributed by atoms with van der Waals surface area (Å²) in [5, 5.41) is 0. The molecule has 0 saturated carbocycles. The van der Waals surface area contributed by atoms with Gasteiger partial charge in [-0.05, 0) is 40.2 Å². The third kappa shape index (κ3) is 1.87. The van der Waals surface area contributed by atoms with Crippen LogP contribution in [0.5, 0.6) is 0 Å². The number of benzene rings is 1. The molecule has 2 aromatic rings. The van der Waals surface area contributed by atoms with Crippen molar-refractivity contribution in [2.24, 2.45) is 5.84 Å². The standard InChI is InChI=1S/C11H10BrN3O/c12-8-4-1-2-5-9(8)15-7-3-6-10(15)11(16)14-13/h1-7H,13H2,(H,14,16). The van der Waals surface area contributed by atoms with Crippen LogP contribution in [0.25, 0.3) is 5.69 Å². The molecular formula is C11H10BrN3O. The highest BCUT2D eigenvalue weighted by atomic mass is 79.9. The van der Waals surface area contributed by atoms with Crippen molar-refractivity contribution in [2.75, 3.05) is 0 Å². The quantitative estimate of drug-likeness (QED) is 0.501. The number of nitrogens with zero attached hydrogens (tertiary/aromatic N) is 1. The summed E-state index contributed by atoms with van der Waals surface area (Å²) < 4.78 is 2.68. The number of halogens is 1. The number of rotatable bonds is 2. The summed E-state index contributed by atoms with van der Waals surface area (Å²) in [6.45, 7) is 0. The van der Waals surface area contributed by atoms with E-state index in [1.54, 1.807) is 16.7 Å². The SMILES string of the molecule is NNC(=O)c1cccn1-c1ccccc1Br. The maximum Gasteiger partial charge on any atom is 0.282 e. The maximum atomic E-state index is 11.5. The predicted molar refractivity (Wildman–Crippen MR) is 65.1 cm³/mol. The average molecular weight is 280 g/mol. The van der Waals surface area contributed by atoms with Gasteiger partial charge in [0, 0.05) is 10.7 Å². The molecule has 0 aliphatic heterocycles. The molecule has 0 aliphatic carbocycles. The molecule has 82 valence electrons. The Morgan fingerprint density at radius 3 is 2.69 bits per heavy atom. The van der Waals surface area contributed by atoms with E-state index in [1.807, 2.05) is 30.5 Å². The average Bonchev–Trinajstić information content (AvgIpc) is 2.77. The summed E-state index contributed by atoms with van der Waals surface area (Å²) in [5.41, 5.74) is 3.51.